The highest BCUT2D eigenvalue weighted by atomic mass is 32.2. The fourth-order valence-electron chi connectivity index (χ4n) is 1.87. The van der Waals surface area contributed by atoms with Crippen LogP contribution in [-0.2, 0) is 5.75 Å². The summed E-state index contributed by atoms with van der Waals surface area (Å²) in [6.45, 7) is 3.76. The minimum atomic E-state index is -0.512. The first-order valence-electron chi connectivity index (χ1n) is 6.23. The molecule has 2 rings (SSSR count). The molecular formula is C12H15N5O3S. The number of nitrogens with two attached hydrogens (primary N) is 1. The van der Waals surface area contributed by atoms with Gasteiger partial charge in [-0.05, 0) is 19.4 Å². The Labute approximate surface area is 124 Å². The van der Waals surface area contributed by atoms with Gasteiger partial charge in [-0.2, -0.15) is 0 Å². The maximum Gasteiger partial charge on any atom is 0.344 e. The highest BCUT2D eigenvalue weighted by molar-refractivity contribution is 7.98. The van der Waals surface area contributed by atoms with Crippen molar-refractivity contribution in [1.82, 2.24) is 14.8 Å². The monoisotopic (exact) mass is 309 g/mol. The highest BCUT2D eigenvalue weighted by Crippen LogP contribution is 2.30. The summed E-state index contributed by atoms with van der Waals surface area (Å²) in [6, 6.07) is 4.65. The van der Waals surface area contributed by atoms with Crippen LogP contribution in [0.2, 0.25) is 0 Å². The lowest BCUT2D eigenvalue weighted by molar-refractivity contribution is -0.383. The van der Waals surface area contributed by atoms with Crippen LogP contribution in [-0.4, -0.2) is 19.7 Å². The second kappa shape index (κ2) is 6.00. The van der Waals surface area contributed by atoms with E-state index in [1.807, 2.05) is 13.8 Å². The molecule has 21 heavy (non-hydrogen) atoms. The number of nitro benzene ring substituents is 1. The van der Waals surface area contributed by atoms with Gasteiger partial charge in [0.15, 0.2) is 5.16 Å². The van der Waals surface area contributed by atoms with Crippen molar-refractivity contribution in [1.29, 1.82) is 0 Å². The molecular weight excluding hydrogens is 294 g/mol. The predicted octanol–water partition coefficient (Wildman–Crippen LogP) is 1.93. The largest absolute Gasteiger partial charge is 0.393 e. The smallest absolute Gasteiger partial charge is 0.344 e. The van der Waals surface area contributed by atoms with Crippen LogP contribution in [0.25, 0.3) is 0 Å². The van der Waals surface area contributed by atoms with Crippen LogP contribution in [0.1, 0.15) is 25.5 Å². The molecule has 0 aliphatic rings. The highest BCUT2D eigenvalue weighted by Gasteiger charge is 2.16. The van der Waals surface area contributed by atoms with Crippen molar-refractivity contribution < 1.29 is 4.92 Å². The molecule has 0 saturated heterocycles. The number of anilines is 1. The van der Waals surface area contributed by atoms with Gasteiger partial charge in [-0.15, -0.1) is 5.10 Å². The van der Waals surface area contributed by atoms with Crippen molar-refractivity contribution in [3.63, 3.8) is 0 Å². The summed E-state index contributed by atoms with van der Waals surface area (Å²) in [7, 11) is 0. The maximum absolute atomic E-state index is 11.6. The summed E-state index contributed by atoms with van der Waals surface area (Å²) in [5.41, 5.74) is 6.19. The number of benzene rings is 1. The molecule has 2 aromatic rings. The normalized spacial score (nSPS) is 11.0. The SMILES string of the molecule is CC(C)n1c(SCc2cccc([N+](=O)[O-])c2N)n[nH]c1=O. The van der Waals surface area contributed by atoms with E-state index in [2.05, 4.69) is 10.2 Å². The van der Waals surface area contributed by atoms with Gasteiger partial charge in [0.1, 0.15) is 5.69 Å². The van der Waals surface area contributed by atoms with Crippen LogP contribution in [0.3, 0.4) is 0 Å². The Bertz CT molecular complexity index is 722. The molecule has 0 amide bonds. The second-order valence-corrected chi connectivity index (χ2v) is 5.61. The average molecular weight is 309 g/mol. The Hall–Kier alpha value is -2.29. The van der Waals surface area contributed by atoms with Crippen LogP contribution < -0.4 is 11.4 Å². The zero-order valence-corrected chi connectivity index (χ0v) is 12.4. The van der Waals surface area contributed by atoms with E-state index in [9.17, 15) is 14.9 Å². The van der Waals surface area contributed by atoms with Gasteiger partial charge < -0.3 is 5.73 Å². The lowest BCUT2D eigenvalue weighted by Gasteiger charge is -2.09. The van der Waals surface area contributed by atoms with Gasteiger partial charge >= 0.3 is 5.69 Å². The Morgan fingerprint density at radius 2 is 2.24 bits per heavy atom. The van der Waals surface area contributed by atoms with Crippen LogP contribution in [0.15, 0.2) is 28.2 Å². The van der Waals surface area contributed by atoms with Gasteiger partial charge in [-0.3, -0.25) is 14.7 Å². The Morgan fingerprint density at radius 3 is 2.86 bits per heavy atom. The topological polar surface area (TPSA) is 120 Å². The number of nitrogens with one attached hydrogen (secondary N) is 1. The van der Waals surface area contributed by atoms with Gasteiger partial charge in [0.2, 0.25) is 0 Å². The number of para-hydroxylation sites is 1. The van der Waals surface area contributed by atoms with Crippen LogP contribution in [0, 0.1) is 10.1 Å². The molecule has 0 atom stereocenters. The standard InChI is InChI=1S/C12H15N5O3S/c1-7(2)16-11(18)14-15-12(16)21-6-8-4-3-5-9(10(8)13)17(19)20/h3-5,7H,6,13H2,1-2H3,(H,14,18). The lowest BCUT2D eigenvalue weighted by atomic mass is 10.2. The van der Waals surface area contributed by atoms with E-state index in [4.69, 9.17) is 5.73 Å². The quantitative estimate of drug-likeness (QED) is 0.377. The molecule has 1 heterocycles. The number of aromatic amines is 1. The molecule has 0 fully saturated rings. The number of thioether (sulfide) groups is 1. The Morgan fingerprint density at radius 1 is 1.52 bits per heavy atom. The third-order valence-corrected chi connectivity index (χ3v) is 3.92. The van der Waals surface area contributed by atoms with Gasteiger partial charge in [0, 0.05) is 17.9 Å². The van der Waals surface area contributed by atoms with Crippen LogP contribution in [0.4, 0.5) is 11.4 Å². The van der Waals surface area contributed by atoms with Gasteiger partial charge in [0.05, 0.1) is 4.92 Å². The zero-order chi connectivity index (χ0) is 15.6. The number of nitrogens with zero attached hydrogens (tertiary/aromatic N) is 3. The number of aromatic nitrogens is 3. The Kier molecular flexibility index (Phi) is 4.32. The first kappa shape index (κ1) is 15.1. The van der Waals surface area contributed by atoms with Gasteiger partial charge in [-0.25, -0.2) is 9.89 Å². The number of nitro groups is 1. The third-order valence-electron chi connectivity index (χ3n) is 2.92. The van der Waals surface area contributed by atoms with E-state index >= 15 is 0 Å². The number of nitrogen functional groups attached to an aromatic ring is 1. The van der Waals surface area contributed by atoms with Crippen molar-refractivity contribution in [2.45, 2.75) is 30.8 Å². The fraction of sp³-hybridized carbons (Fsp3) is 0.333. The van der Waals surface area contributed by atoms with E-state index in [0.717, 1.165) is 0 Å². The van der Waals surface area contributed by atoms with Gasteiger partial charge in [-0.1, -0.05) is 23.9 Å². The maximum atomic E-state index is 11.6. The lowest BCUT2D eigenvalue weighted by Crippen LogP contribution is -2.19. The van der Waals surface area contributed by atoms with E-state index in [0.29, 0.717) is 16.5 Å². The molecule has 0 aliphatic carbocycles. The van der Waals surface area contributed by atoms with Crippen molar-refractivity contribution >= 4 is 23.1 Å². The van der Waals surface area contributed by atoms with E-state index < -0.39 is 4.92 Å². The van der Waals surface area contributed by atoms with E-state index in [-0.39, 0.29) is 23.1 Å². The molecule has 0 spiro atoms. The molecule has 9 heteroatoms. The van der Waals surface area contributed by atoms with E-state index in [1.54, 1.807) is 12.1 Å². The molecule has 1 aromatic carbocycles. The predicted molar refractivity (Wildman–Crippen MR) is 80.3 cm³/mol. The molecule has 8 nitrogen and oxygen atoms in total. The molecule has 0 bridgehead atoms. The van der Waals surface area contributed by atoms with Crippen molar-refractivity contribution in [2.24, 2.45) is 0 Å². The summed E-state index contributed by atoms with van der Waals surface area (Å²) >= 11 is 1.30. The molecule has 3 N–H and O–H groups in total. The summed E-state index contributed by atoms with van der Waals surface area (Å²) in [5, 5.41) is 17.7. The molecule has 0 aliphatic heterocycles. The summed E-state index contributed by atoms with van der Waals surface area (Å²) in [6.07, 6.45) is 0. The van der Waals surface area contributed by atoms with Crippen LogP contribution in [0.5, 0.6) is 0 Å². The number of rotatable bonds is 5. The van der Waals surface area contributed by atoms with Crippen molar-refractivity contribution in [3.05, 3.63) is 44.4 Å². The molecule has 112 valence electrons. The fourth-order valence-corrected chi connectivity index (χ4v) is 2.95. The second-order valence-electron chi connectivity index (χ2n) is 4.67. The first-order valence-corrected chi connectivity index (χ1v) is 7.21. The van der Waals surface area contributed by atoms with Crippen LogP contribution >= 0.6 is 11.8 Å². The van der Waals surface area contributed by atoms with Crippen molar-refractivity contribution in [2.75, 3.05) is 5.73 Å². The van der Waals surface area contributed by atoms with Gasteiger partial charge in [0.25, 0.3) is 5.69 Å². The molecule has 0 radical (unpaired) electrons. The zero-order valence-electron chi connectivity index (χ0n) is 11.6. The summed E-state index contributed by atoms with van der Waals surface area (Å²) in [5.74, 6) is 0.393. The number of hydrogen-bond acceptors (Lipinski definition) is 6. The minimum Gasteiger partial charge on any atom is -0.393 e. The first-order chi connectivity index (χ1) is 9.91. The average Bonchev–Trinajstić information content (AvgIpc) is 2.78. The number of hydrogen-bond donors (Lipinski definition) is 2. The minimum absolute atomic E-state index is 0.0267. The summed E-state index contributed by atoms with van der Waals surface area (Å²) in [4.78, 5) is 22.0. The number of H-pyrrole nitrogens is 1. The Balaban J connectivity index is 2.23. The van der Waals surface area contributed by atoms with Crippen molar-refractivity contribution in [3.8, 4) is 0 Å². The van der Waals surface area contributed by atoms with E-state index in [1.165, 1.54) is 22.4 Å². The summed E-state index contributed by atoms with van der Waals surface area (Å²) < 4.78 is 1.53. The molecule has 0 unspecified atom stereocenters. The molecule has 1 aromatic heterocycles. The molecule has 0 saturated carbocycles. The third kappa shape index (κ3) is 3.07.